The summed E-state index contributed by atoms with van der Waals surface area (Å²) in [4.78, 5) is 35.0. The summed E-state index contributed by atoms with van der Waals surface area (Å²) in [5, 5.41) is 13.1. The van der Waals surface area contributed by atoms with Crippen LogP contribution in [0.25, 0.3) is 0 Å². The lowest BCUT2D eigenvalue weighted by Crippen LogP contribution is -2.40. The Morgan fingerprint density at radius 2 is 1.79 bits per heavy atom. The summed E-state index contributed by atoms with van der Waals surface area (Å²) in [7, 11) is 0. The Labute approximate surface area is 112 Å². The number of carboxylic acids is 1. The minimum Gasteiger partial charge on any atom is -0.481 e. The van der Waals surface area contributed by atoms with E-state index in [1.54, 1.807) is 0 Å². The Kier molecular flexibility index (Phi) is 6.88. The van der Waals surface area contributed by atoms with Gasteiger partial charge in [-0.05, 0) is 38.9 Å². The first-order chi connectivity index (χ1) is 9.08. The molecule has 108 valence electrons. The number of likely N-dealkylation sites (tertiary alicyclic amines) is 1. The number of aliphatic carboxylic acids is 1. The largest absolute Gasteiger partial charge is 0.481 e. The lowest BCUT2D eigenvalue weighted by atomic mass is 10.3. The Morgan fingerprint density at radius 1 is 1.11 bits per heavy atom. The predicted molar refractivity (Wildman–Crippen MR) is 68.7 cm³/mol. The lowest BCUT2D eigenvalue weighted by Gasteiger charge is -2.14. The Bertz CT molecular complexity index is 327. The third kappa shape index (κ3) is 7.40. The fraction of sp³-hybridized carbons (Fsp3) is 0.750. The van der Waals surface area contributed by atoms with Crippen molar-refractivity contribution in [2.45, 2.75) is 32.1 Å². The van der Waals surface area contributed by atoms with Gasteiger partial charge in [0.1, 0.15) is 0 Å². The fourth-order valence-electron chi connectivity index (χ4n) is 1.96. The first kappa shape index (κ1) is 15.4. The lowest BCUT2D eigenvalue weighted by molar-refractivity contribution is -0.138. The van der Waals surface area contributed by atoms with Gasteiger partial charge in [-0.15, -0.1) is 0 Å². The van der Waals surface area contributed by atoms with E-state index in [1.165, 1.54) is 12.8 Å². The smallest absolute Gasteiger partial charge is 0.321 e. The summed E-state index contributed by atoms with van der Waals surface area (Å²) >= 11 is 0. The Morgan fingerprint density at radius 3 is 2.42 bits per heavy atom. The molecule has 0 radical (unpaired) electrons. The number of hydrogen-bond donors (Lipinski definition) is 3. The van der Waals surface area contributed by atoms with Crippen LogP contribution in [0.2, 0.25) is 0 Å². The molecule has 0 aromatic rings. The van der Waals surface area contributed by atoms with Crippen molar-refractivity contribution < 1.29 is 19.5 Å². The molecule has 7 nitrogen and oxygen atoms in total. The fourth-order valence-corrected chi connectivity index (χ4v) is 1.96. The van der Waals surface area contributed by atoms with E-state index in [9.17, 15) is 14.4 Å². The van der Waals surface area contributed by atoms with Crippen LogP contribution in [0.5, 0.6) is 0 Å². The number of urea groups is 1. The van der Waals surface area contributed by atoms with Gasteiger partial charge in [0, 0.05) is 13.0 Å². The molecule has 0 unspecified atom stereocenters. The monoisotopic (exact) mass is 271 g/mol. The van der Waals surface area contributed by atoms with Gasteiger partial charge in [-0.25, -0.2) is 4.79 Å². The second-order valence-corrected chi connectivity index (χ2v) is 4.60. The third-order valence-corrected chi connectivity index (χ3v) is 2.95. The van der Waals surface area contributed by atoms with Gasteiger partial charge in [0.2, 0.25) is 5.91 Å². The van der Waals surface area contributed by atoms with Gasteiger partial charge in [-0.3, -0.25) is 14.9 Å². The highest BCUT2D eigenvalue weighted by Crippen LogP contribution is 2.06. The molecule has 0 atom stereocenters. The summed E-state index contributed by atoms with van der Waals surface area (Å²) in [5.41, 5.74) is 0. The molecule has 19 heavy (non-hydrogen) atoms. The minimum atomic E-state index is -1.05. The second-order valence-electron chi connectivity index (χ2n) is 4.60. The number of carboxylic acid groups (broad SMARTS) is 1. The molecule has 0 saturated carbocycles. The van der Waals surface area contributed by atoms with Crippen LogP contribution in [-0.2, 0) is 9.59 Å². The summed E-state index contributed by atoms with van der Waals surface area (Å²) in [6.45, 7) is 3.71. The standard InChI is InChI=1S/C12H21N3O4/c16-10(4-5-11(17)18)14-12(19)13-6-3-9-15-7-1-2-8-15/h1-9H2,(H,17,18)(H2,13,14,16,19). The maximum Gasteiger partial charge on any atom is 0.321 e. The number of rotatable bonds is 7. The van der Waals surface area contributed by atoms with Crippen LogP contribution in [-0.4, -0.2) is 54.1 Å². The molecule has 0 aromatic heterocycles. The Hall–Kier alpha value is -1.63. The van der Waals surface area contributed by atoms with Crippen LogP contribution in [0, 0.1) is 0 Å². The molecule has 0 aliphatic carbocycles. The average Bonchev–Trinajstić information content (AvgIpc) is 2.85. The van der Waals surface area contributed by atoms with Crippen molar-refractivity contribution in [1.82, 2.24) is 15.5 Å². The van der Waals surface area contributed by atoms with Crippen LogP contribution < -0.4 is 10.6 Å². The number of nitrogens with one attached hydrogen (secondary N) is 2. The highest BCUT2D eigenvalue weighted by molar-refractivity contribution is 5.95. The molecule has 3 amide bonds. The van der Waals surface area contributed by atoms with Gasteiger partial charge in [-0.2, -0.15) is 0 Å². The van der Waals surface area contributed by atoms with Crippen LogP contribution in [0.15, 0.2) is 0 Å². The van der Waals surface area contributed by atoms with E-state index in [0.717, 1.165) is 26.1 Å². The highest BCUT2D eigenvalue weighted by atomic mass is 16.4. The number of imide groups is 1. The van der Waals surface area contributed by atoms with Crippen molar-refractivity contribution in [1.29, 1.82) is 0 Å². The zero-order valence-electron chi connectivity index (χ0n) is 11.0. The van der Waals surface area contributed by atoms with Gasteiger partial charge in [0.25, 0.3) is 0 Å². The molecule has 0 bridgehead atoms. The maximum atomic E-state index is 11.3. The molecule has 1 heterocycles. The molecule has 7 heteroatoms. The van der Waals surface area contributed by atoms with Gasteiger partial charge < -0.3 is 15.3 Å². The normalized spacial score (nSPS) is 15.2. The SMILES string of the molecule is O=C(O)CCC(=O)NC(=O)NCCCN1CCCC1. The van der Waals surface area contributed by atoms with Gasteiger partial charge in [0.15, 0.2) is 0 Å². The third-order valence-electron chi connectivity index (χ3n) is 2.95. The van der Waals surface area contributed by atoms with Crippen molar-refractivity contribution in [2.24, 2.45) is 0 Å². The first-order valence-electron chi connectivity index (χ1n) is 6.60. The maximum absolute atomic E-state index is 11.3. The highest BCUT2D eigenvalue weighted by Gasteiger charge is 2.11. The molecule has 1 saturated heterocycles. The van der Waals surface area contributed by atoms with E-state index in [-0.39, 0.29) is 12.8 Å². The van der Waals surface area contributed by atoms with Crippen molar-refractivity contribution >= 4 is 17.9 Å². The Balaban J connectivity index is 2.00. The first-order valence-corrected chi connectivity index (χ1v) is 6.60. The molecular formula is C12H21N3O4. The van der Waals surface area contributed by atoms with Crippen molar-refractivity contribution in [3.05, 3.63) is 0 Å². The minimum absolute atomic E-state index is 0.184. The van der Waals surface area contributed by atoms with E-state index in [4.69, 9.17) is 5.11 Å². The molecule has 1 aliphatic rings. The summed E-state index contributed by atoms with van der Waals surface area (Å²) < 4.78 is 0. The number of amides is 3. The molecule has 0 aromatic carbocycles. The number of carbonyl (C=O) groups excluding carboxylic acids is 2. The average molecular weight is 271 g/mol. The molecule has 1 rings (SSSR count). The number of nitrogens with zero attached hydrogens (tertiary/aromatic N) is 1. The van der Waals surface area contributed by atoms with E-state index in [2.05, 4.69) is 15.5 Å². The summed E-state index contributed by atoms with van der Waals surface area (Å²) in [5.74, 6) is -1.62. The quantitative estimate of drug-likeness (QED) is 0.573. The summed E-state index contributed by atoms with van der Waals surface area (Å²) in [6.07, 6.45) is 2.87. The van der Waals surface area contributed by atoms with Crippen LogP contribution in [0.3, 0.4) is 0 Å². The van der Waals surface area contributed by atoms with Crippen LogP contribution in [0.4, 0.5) is 4.79 Å². The second kappa shape index (κ2) is 8.47. The van der Waals surface area contributed by atoms with Crippen LogP contribution >= 0.6 is 0 Å². The van der Waals surface area contributed by atoms with E-state index >= 15 is 0 Å². The molecule has 1 aliphatic heterocycles. The molecule has 1 fully saturated rings. The molecule has 0 spiro atoms. The predicted octanol–water partition coefficient (Wildman–Crippen LogP) is 0.163. The topological polar surface area (TPSA) is 98.7 Å². The number of hydrogen-bond acceptors (Lipinski definition) is 4. The van der Waals surface area contributed by atoms with Gasteiger partial charge >= 0.3 is 12.0 Å². The molecular weight excluding hydrogens is 250 g/mol. The van der Waals surface area contributed by atoms with Crippen molar-refractivity contribution in [3.63, 3.8) is 0 Å². The zero-order valence-corrected chi connectivity index (χ0v) is 11.0. The van der Waals surface area contributed by atoms with Crippen molar-refractivity contribution in [3.8, 4) is 0 Å². The summed E-state index contributed by atoms with van der Waals surface area (Å²) in [6, 6.07) is -0.559. The van der Waals surface area contributed by atoms with Crippen LogP contribution in [0.1, 0.15) is 32.1 Å². The zero-order chi connectivity index (χ0) is 14.1. The van der Waals surface area contributed by atoms with E-state index in [0.29, 0.717) is 6.54 Å². The van der Waals surface area contributed by atoms with Crippen molar-refractivity contribution in [2.75, 3.05) is 26.2 Å². The van der Waals surface area contributed by atoms with Gasteiger partial charge in [0.05, 0.1) is 6.42 Å². The number of carbonyl (C=O) groups is 3. The van der Waals surface area contributed by atoms with E-state index < -0.39 is 17.9 Å². The van der Waals surface area contributed by atoms with E-state index in [1.807, 2.05) is 0 Å². The molecule has 3 N–H and O–H groups in total. The van der Waals surface area contributed by atoms with Gasteiger partial charge in [-0.1, -0.05) is 0 Å².